The lowest BCUT2D eigenvalue weighted by Gasteiger charge is -2.34. The number of carbonyl (C=O) groups excluding carboxylic acids is 2. The van der Waals surface area contributed by atoms with Gasteiger partial charge in [0.2, 0.25) is 6.29 Å². The Hall–Kier alpha value is -3.35. The van der Waals surface area contributed by atoms with E-state index in [0.717, 1.165) is 0 Å². The molecule has 0 bridgehead atoms. The minimum Gasteiger partial charge on any atom is -0.376 e. The van der Waals surface area contributed by atoms with Crippen molar-refractivity contribution in [3.05, 3.63) is 48.2 Å². The third-order valence-electron chi connectivity index (χ3n) is 4.93. The standard InChI is InChI=1S/C21H20FN5O5S/c1-21(18(28)32-19(23)29)9-30-17(31-10-21)16-26-14(11-3-5-12(22)6-4-11)15(27-16)13-7-8-24-20(25-13)33-2/h3-8,17H,9-10H2,1-2H3,(H2,23,29)(H,26,27). The molecule has 0 spiro atoms. The maximum Gasteiger partial charge on any atom is 0.412 e. The summed E-state index contributed by atoms with van der Waals surface area (Å²) in [6.07, 6.45) is 1.38. The van der Waals surface area contributed by atoms with Crippen molar-refractivity contribution in [1.29, 1.82) is 0 Å². The quantitative estimate of drug-likeness (QED) is 0.247. The number of benzene rings is 1. The number of hydrogen-bond donors (Lipinski definition) is 2. The van der Waals surface area contributed by atoms with Crippen molar-refractivity contribution >= 4 is 23.8 Å². The van der Waals surface area contributed by atoms with Crippen LogP contribution in [0.1, 0.15) is 19.0 Å². The number of nitrogens with one attached hydrogen (secondary N) is 1. The molecule has 0 atom stereocenters. The molecule has 1 saturated heterocycles. The first kappa shape index (κ1) is 22.8. The molecule has 3 heterocycles. The van der Waals surface area contributed by atoms with Gasteiger partial charge in [-0.3, -0.25) is 4.79 Å². The van der Waals surface area contributed by atoms with Gasteiger partial charge in [0.05, 0.1) is 30.3 Å². The van der Waals surface area contributed by atoms with Gasteiger partial charge >= 0.3 is 12.1 Å². The van der Waals surface area contributed by atoms with E-state index in [0.29, 0.717) is 33.6 Å². The lowest BCUT2D eigenvalue weighted by Crippen LogP contribution is -2.45. The predicted octanol–water partition coefficient (Wildman–Crippen LogP) is 3.07. The summed E-state index contributed by atoms with van der Waals surface area (Å²) in [5.41, 5.74) is 6.04. The number of nitrogens with two attached hydrogens (primary N) is 1. The average molecular weight is 473 g/mol. The number of halogens is 1. The van der Waals surface area contributed by atoms with Crippen LogP contribution in [-0.4, -0.2) is 51.5 Å². The Morgan fingerprint density at radius 1 is 1.21 bits per heavy atom. The maximum atomic E-state index is 13.5. The average Bonchev–Trinajstić information content (AvgIpc) is 3.25. The Morgan fingerprint density at radius 3 is 2.55 bits per heavy atom. The second-order valence-electron chi connectivity index (χ2n) is 7.50. The first-order valence-electron chi connectivity index (χ1n) is 9.77. The number of H-pyrrole nitrogens is 1. The molecule has 0 saturated carbocycles. The van der Waals surface area contributed by atoms with Gasteiger partial charge in [-0.05, 0) is 43.5 Å². The number of primary amides is 1. The van der Waals surface area contributed by atoms with Gasteiger partial charge in [-0.15, -0.1) is 0 Å². The van der Waals surface area contributed by atoms with E-state index in [4.69, 9.17) is 15.2 Å². The van der Waals surface area contributed by atoms with Gasteiger partial charge in [0.25, 0.3) is 0 Å². The summed E-state index contributed by atoms with van der Waals surface area (Å²) in [5, 5.41) is 0.572. The molecular weight excluding hydrogens is 453 g/mol. The molecule has 0 unspecified atom stereocenters. The molecule has 10 nitrogen and oxygen atoms in total. The van der Waals surface area contributed by atoms with E-state index in [-0.39, 0.29) is 19.0 Å². The SMILES string of the molecule is CSc1nccc(-c2[nH]c(C3OCC(C)(C(=O)OC(N)=O)CO3)nc2-c2ccc(F)cc2)n1. The zero-order chi connectivity index (χ0) is 23.6. The number of imidazole rings is 1. The van der Waals surface area contributed by atoms with Crippen LogP contribution in [0.15, 0.2) is 41.7 Å². The number of carbonyl (C=O) groups is 2. The number of esters is 1. The lowest BCUT2D eigenvalue weighted by molar-refractivity contribution is -0.236. The Labute approximate surface area is 192 Å². The predicted molar refractivity (Wildman–Crippen MR) is 115 cm³/mol. The topological polar surface area (TPSA) is 142 Å². The van der Waals surface area contributed by atoms with Crippen molar-refractivity contribution in [2.75, 3.05) is 19.5 Å². The normalized spacial score (nSPS) is 20.4. The Morgan fingerprint density at radius 2 is 1.91 bits per heavy atom. The van der Waals surface area contributed by atoms with Gasteiger partial charge in [0, 0.05) is 11.8 Å². The Balaban J connectivity index is 1.65. The van der Waals surface area contributed by atoms with Gasteiger partial charge in [-0.1, -0.05) is 11.8 Å². The molecule has 1 amide bonds. The molecule has 1 aromatic carbocycles. The second kappa shape index (κ2) is 9.25. The molecule has 12 heteroatoms. The molecule has 1 aliphatic rings. The summed E-state index contributed by atoms with van der Waals surface area (Å²) >= 11 is 1.39. The minimum absolute atomic E-state index is 0.0875. The smallest absolute Gasteiger partial charge is 0.376 e. The summed E-state index contributed by atoms with van der Waals surface area (Å²) in [4.78, 5) is 39.5. The van der Waals surface area contributed by atoms with E-state index in [2.05, 4.69) is 24.7 Å². The number of thioether (sulfide) groups is 1. The van der Waals surface area contributed by atoms with E-state index in [1.807, 2.05) is 6.26 Å². The van der Waals surface area contributed by atoms with Gasteiger partial charge < -0.3 is 24.9 Å². The van der Waals surface area contributed by atoms with Crippen molar-refractivity contribution < 1.29 is 28.2 Å². The van der Waals surface area contributed by atoms with Crippen LogP contribution in [0, 0.1) is 11.2 Å². The third kappa shape index (κ3) is 4.87. The zero-order valence-corrected chi connectivity index (χ0v) is 18.5. The minimum atomic E-state index is -1.21. The number of rotatable bonds is 5. The van der Waals surface area contributed by atoms with Crippen LogP contribution in [-0.2, 0) is 19.0 Å². The molecule has 33 heavy (non-hydrogen) atoms. The van der Waals surface area contributed by atoms with Crippen molar-refractivity contribution in [3.63, 3.8) is 0 Å². The van der Waals surface area contributed by atoms with Crippen LogP contribution >= 0.6 is 11.8 Å². The number of aromatic nitrogens is 4. The molecule has 4 rings (SSSR count). The summed E-state index contributed by atoms with van der Waals surface area (Å²) < 4.78 is 29.4. The van der Waals surface area contributed by atoms with E-state index in [1.165, 1.54) is 30.8 Å². The molecule has 3 N–H and O–H groups in total. The number of nitrogens with zero attached hydrogens (tertiary/aromatic N) is 3. The molecule has 1 fully saturated rings. The highest BCUT2D eigenvalue weighted by Crippen LogP contribution is 2.36. The summed E-state index contributed by atoms with van der Waals surface area (Å²) in [5.74, 6) is -0.881. The van der Waals surface area contributed by atoms with Gasteiger partial charge in [0.15, 0.2) is 11.0 Å². The molecule has 1 aliphatic heterocycles. The van der Waals surface area contributed by atoms with Crippen LogP contribution < -0.4 is 5.73 Å². The first-order chi connectivity index (χ1) is 15.8. The Bertz CT molecular complexity index is 1180. The van der Waals surface area contributed by atoms with Gasteiger partial charge in [0.1, 0.15) is 11.2 Å². The highest BCUT2D eigenvalue weighted by atomic mass is 32.2. The van der Waals surface area contributed by atoms with Crippen LogP contribution in [0.3, 0.4) is 0 Å². The summed E-state index contributed by atoms with van der Waals surface area (Å²) in [6.45, 7) is 1.36. The van der Waals surface area contributed by atoms with Crippen LogP contribution in [0.2, 0.25) is 0 Å². The van der Waals surface area contributed by atoms with Crippen molar-refractivity contribution in [1.82, 2.24) is 19.9 Å². The van der Waals surface area contributed by atoms with Gasteiger partial charge in [-0.2, -0.15) is 0 Å². The number of aromatic amines is 1. The molecule has 0 aliphatic carbocycles. The van der Waals surface area contributed by atoms with Crippen LogP contribution in [0.4, 0.5) is 9.18 Å². The summed E-state index contributed by atoms with van der Waals surface area (Å²) in [6, 6.07) is 7.61. The molecule has 2 aromatic heterocycles. The van der Waals surface area contributed by atoms with E-state index in [1.54, 1.807) is 24.4 Å². The molecule has 3 aromatic rings. The highest BCUT2D eigenvalue weighted by molar-refractivity contribution is 7.98. The lowest BCUT2D eigenvalue weighted by atomic mass is 9.92. The van der Waals surface area contributed by atoms with Crippen molar-refractivity contribution in [2.45, 2.75) is 18.4 Å². The maximum absolute atomic E-state index is 13.5. The monoisotopic (exact) mass is 473 g/mol. The number of ether oxygens (including phenoxy) is 3. The Kier molecular flexibility index (Phi) is 6.40. The van der Waals surface area contributed by atoms with Crippen molar-refractivity contribution in [2.24, 2.45) is 11.1 Å². The first-order valence-corrected chi connectivity index (χ1v) is 11.0. The molecular formula is C21H20FN5O5S. The molecule has 172 valence electrons. The number of amides is 1. The van der Waals surface area contributed by atoms with Crippen molar-refractivity contribution in [3.8, 4) is 22.6 Å². The van der Waals surface area contributed by atoms with E-state index >= 15 is 0 Å². The molecule has 0 radical (unpaired) electrons. The summed E-state index contributed by atoms with van der Waals surface area (Å²) in [7, 11) is 0. The van der Waals surface area contributed by atoms with E-state index in [9.17, 15) is 14.0 Å². The third-order valence-corrected chi connectivity index (χ3v) is 5.49. The fourth-order valence-electron chi connectivity index (χ4n) is 3.18. The largest absolute Gasteiger partial charge is 0.412 e. The number of hydrogen-bond acceptors (Lipinski definition) is 9. The van der Waals surface area contributed by atoms with E-state index < -0.39 is 23.8 Å². The fourth-order valence-corrected chi connectivity index (χ4v) is 3.54. The van der Waals surface area contributed by atoms with Crippen LogP contribution in [0.25, 0.3) is 22.6 Å². The second-order valence-corrected chi connectivity index (χ2v) is 8.28. The fraction of sp³-hybridized carbons (Fsp3) is 0.286. The van der Waals surface area contributed by atoms with Gasteiger partial charge in [-0.25, -0.2) is 24.1 Å². The van der Waals surface area contributed by atoms with Crippen LogP contribution in [0.5, 0.6) is 0 Å². The zero-order valence-electron chi connectivity index (χ0n) is 17.7. The highest BCUT2D eigenvalue weighted by Gasteiger charge is 2.43.